The second-order valence-corrected chi connectivity index (χ2v) is 36.3. The standard InChI is InChI=1S/C46H61N3O7.C38H44O8.C8H19N3/c1-28(2)12-10-17-44(8)18-16-32-37(50)36-38(51)34-26-31-27-35-43(6,7)56-45(41(31)52,46(34,35)55-40(36)33(39(32)54-44)14-13-29(3)4)19-15-30(5)42(53)47-20-11-21-49-24-22-48(9)23-25-49;1-20(2)10-9-15-36(8)16-14-24-29(39)28-30(40)26-18-23-19-27-35(6,7)46-37(33(23)41,17-13-22(5)34(42)43)38(26,27)45-32(28)25(31(24)44-36)12-11-21(3)4;1-10-5-7-11(8-6-10)4-2-3-9/h12-13,15-16,18,26,31,35,50H,10-11,14,17,19-25,27H2,1-9H3,(H,47,53);10-11,13-14,16,18,23,27,39H,9,12,15,17,19H2,1-8H3,(H,42,43);2-9H2,1H3/b30-15-;22-13-;. The Labute approximate surface area is 669 Å². The SMILES string of the molecule is CC(C)=CCCC1(C)C=Cc2c(O)c3c(c(CC=C(C)C)c2O1)OC12C(=CC4CC1C(C)(C)OC2(C/C=C(/C)C(=O)NCCCN1CCN(C)CC1)C4=O)C3=O.CC(C)=CCCC1(C)C=Cc2c(O)c3c(c(CC=C(C)C)c2O1)OC12C(=CC4CC1C(C)(C)OC2(C/C=C(/C)C(=O)O)C4=O)C3=O.CN1CCN(CCCN)CC1. The number of benzene rings is 2. The van der Waals surface area contributed by atoms with Gasteiger partial charge in [0.1, 0.15) is 56.8 Å². The summed E-state index contributed by atoms with van der Waals surface area (Å²) in [7, 11) is 4.32. The van der Waals surface area contributed by atoms with Crippen molar-refractivity contribution in [2.24, 2.45) is 29.4 Å². The number of nitrogens with zero attached hydrogens (tertiary/aromatic N) is 4. The number of carboxylic acids is 1. The molecule has 8 aliphatic heterocycles. The van der Waals surface area contributed by atoms with E-state index in [9.17, 15) is 39.3 Å². The molecule has 2 spiro atoms. The minimum absolute atomic E-state index is 0.0544. The van der Waals surface area contributed by atoms with Crippen molar-refractivity contribution in [1.29, 1.82) is 0 Å². The second-order valence-electron chi connectivity index (χ2n) is 36.3. The summed E-state index contributed by atoms with van der Waals surface area (Å²) in [6.07, 6.45) is 29.4. The normalized spacial score (nSPS) is 29.8. The number of carbonyl (C=O) groups is 6. The zero-order chi connectivity index (χ0) is 82.0. The highest BCUT2D eigenvalue weighted by Crippen LogP contribution is 2.71. The highest BCUT2D eigenvalue weighted by atomic mass is 16.6. The van der Waals surface area contributed by atoms with E-state index in [0.29, 0.717) is 95.5 Å². The van der Waals surface area contributed by atoms with Crippen molar-refractivity contribution in [2.45, 2.75) is 233 Å². The number of Topliss-reactive ketones (excluding diaryl/α,β-unsaturated/α-hetero) is 4. The van der Waals surface area contributed by atoms with Crippen LogP contribution < -0.4 is 30.0 Å². The molecule has 0 radical (unpaired) electrons. The van der Waals surface area contributed by atoms with Gasteiger partial charge in [0.05, 0.1) is 22.3 Å². The summed E-state index contributed by atoms with van der Waals surface area (Å²) < 4.78 is 41.7. The molecule has 2 saturated carbocycles. The lowest BCUT2D eigenvalue weighted by Gasteiger charge is -2.56. The predicted octanol–water partition coefficient (Wildman–Crippen LogP) is 13.7. The maximum Gasteiger partial charge on any atom is 0.330 e. The summed E-state index contributed by atoms with van der Waals surface area (Å²) in [5, 5.41) is 36.4. The Balaban J connectivity index is 0.000000187. The molecule has 4 saturated heterocycles. The van der Waals surface area contributed by atoms with Crippen molar-refractivity contribution < 1.29 is 72.5 Å². The molecule has 2 aromatic carbocycles. The van der Waals surface area contributed by atoms with E-state index in [1.165, 1.54) is 56.9 Å². The third-order valence-corrected chi connectivity index (χ3v) is 25.8. The zero-order valence-electron chi connectivity index (χ0n) is 70.3. The number of aromatic hydroxyl groups is 2. The van der Waals surface area contributed by atoms with Crippen LogP contribution in [0.1, 0.15) is 218 Å². The molecule has 8 heterocycles. The average molecular weight is 1550 g/mol. The van der Waals surface area contributed by atoms with Crippen LogP contribution in [0.3, 0.4) is 0 Å². The number of rotatable bonds is 23. The Morgan fingerprint density at radius 3 is 1.30 bits per heavy atom. The molecule has 16 rings (SSSR count). The van der Waals surface area contributed by atoms with Gasteiger partial charge in [0.25, 0.3) is 0 Å². The number of nitrogens with one attached hydrogen (secondary N) is 1. The van der Waals surface area contributed by atoms with E-state index in [1.807, 2.05) is 99.6 Å². The lowest BCUT2D eigenvalue weighted by atomic mass is 9.51. The number of ether oxygens (including phenoxy) is 6. The Morgan fingerprint density at radius 1 is 0.531 bits per heavy atom. The number of allylic oxidation sites excluding steroid dienone is 10. The number of hydrogen-bond donors (Lipinski definition) is 5. The van der Waals surface area contributed by atoms with E-state index in [-0.39, 0.29) is 87.6 Å². The van der Waals surface area contributed by atoms with Crippen molar-refractivity contribution in [2.75, 3.05) is 92.6 Å². The number of carboxylic acid groups (broad SMARTS) is 1. The number of fused-ring (bicyclic) bond motifs is 4. The van der Waals surface area contributed by atoms with Crippen molar-refractivity contribution in [1.82, 2.24) is 24.9 Å². The molecule has 6 fully saturated rings. The van der Waals surface area contributed by atoms with Gasteiger partial charge in [0.15, 0.2) is 45.5 Å². The molecule has 21 nitrogen and oxygen atoms in total. The summed E-state index contributed by atoms with van der Waals surface area (Å²) >= 11 is 0. The Hall–Kier alpha value is -8.02. The van der Waals surface area contributed by atoms with Crippen molar-refractivity contribution in [3.05, 3.63) is 139 Å². The molecular weight excluding hydrogens is 1430 g/mol. The van der Waals surface area contributed by atoms with E-state index in [4.69, 9.17) is 34.2 Å². The number of hydrogen-bond acceptors (Lipinski definition) is 19. The fourth-order valence-corrected chi connectivity index (χ4v) is 19.5. The lowest BCUT2D eigenvalue weighted by Crippen LogP contribution is -2.72. The quantitative estimate of drug-likeness (QED) is 0.0393. The molecule has 21 heteroatoms. The van der Waals surface area contributed by atoms with Gasteiger partial charge in [-0.2, -0.15) is 0 Å². The van der Waals surface area contributed by atoms with Crippen LogP contribution in [0.4, 0.5) is 0 Å². The molecule has 10 unspecified atom stereocenters. The maximum absolute atomic E-state index is 15.0. The number of phenols is 2. The molecule has 10 atom stereocenters. The number of carbonyl (C=O) groups excluding carboxylic acids is 5. The minimum atomic E-state index is -1.63. The van der Waals surface area contributed by atoms with Gasteiger partial charge in [-0.3, -0.25) is 24.0 Å². The van der Waals surface area contributed by atoms with Crippen LogP contribution in [-0.4, -0.2) is 207 Å². The van der Waals surface area contributed by atoms with Gasteiger partial charge in [0, 0.05) is 129 Å². The molecule has 8 bridgehead atoms. The van der Waals surface area contributed by atoms with Crippen molar-refractivity contribution in [3.63, 3.8) is 0 Å². The van der Waals surface area contributed by atoms with E-state index >= 15 is 4.79 Å². The molecule has 1 amide bonds. The number of amides is 1. The summed E-state index contributed by atoms with van der Waals surface area (Å²) in [6, 6.07) is 0. The van der Waals surface area contributed by atoms with Crippen LogP contribution in [0.2, 0.25) is 0 Å². The number of aliphatic carboxylic acids is 1. The lowest BCUT2D eigenvalue weighted by molar-refractivity contribution is -0.172. The molecule has 612 valence electrons. The van der Waals surface area contributed by atoms with Crippen LogP contribution in [0.15, 0.2) is 105 Å². The number of ketones is 4. The highest BCUT2D eigenvalue weighted by Gasteiger charge is 2.83. The first-order valence-corrected chi connectivity index (χ1v) is 41.1. The van der Waals surface area contributed by atoms with Crippen LogP contribution in [-0.2, 0) is 41.5 Å². The summed E-state index contributed by atoms with van der Waals surface area (Å²) in [6.45, 7) is 43.8. The third-order valence-electron chi connectivity index (χ3n) is 25.8. The van der Waals surface area contributed by atoms with Crippen LogP contribution in [0.25, 0.3) is 12.2 Å². The molecule has 2 aromatic rings. The first-order chi connectivity index (χ1) is 53.2. The number of likely N-dealkylation sites (N-methyl/N-ethyl adjacent to an activating group) is 2. The summed E-state index contributed by atoms with van der Waals surface area (Å²) in [5.74, 6) is -3.34. The molecule has 0 aromatic heterocycles. The predicted molar refractivity (Wildman–Crippen MR) is 440 cm³/mol. The van der Waals surface area contributed by atoms with Gasteiger partial charge in [0.2, 0.25) is 5.91 Å². The van der Waals surface area contributed by atoms with Gasteiger partial charge in [-0.25, -0.2) is 4.79 Å². The Kier molecular flexibility index (Phi) is 24.1. The Bertz CT molecular complexity index is 4490. The molecule has 113 heavy (non-hydrogen) atoms. The molecule has 6 N–H and O–H groups in total. The topological polar surface area (TPSA) is 269 Å². The van der Waals surface area contributed by atoms with E-state index < -0.39 is 68.4 Å². The van der Waals surface area contributed by atoms with E-state index in [0.717, 1.165) is 76.1 Å². The van der Waals surface area contributed by atoms with Crippen molar-refractivity contribution >= 4 is 47.2 Å². The van der Waals surface area contributed by atoms with Gasteiger partial charge < -0.3 is 74.4 Å². The zero-order valence-corrected chi connectivity index (χ0v) is 70.3. The number of nitrogens with two attached hydrogens (primary N) is 1. The summed E-state index contributed by atoms with van der Waals surface area (Å²) in [5.41, 5.74) is 4.27. The van der Waals surface area contributed by atoms with Crippen LogP contribution >= 0.6 is 0 Å². The minimum Gasteiger partial charge on any atom is -0.506 e. The fraction of sp³-hybridized carbons (Fsp3) is 0.587. The average Bonchev–Trinajstić information content (AvgIpc) is 1.52. The van der Waals surface area contributed by atoms with Crippen LogP contribution in [0.5, 0.6) is 34.5 Å². The van der Waals surface area contributed by atoms with E-state index in [2.05, 4.69) is 84.9 Å². The molecular formula is C92H124N6O15. The van der Waals surface area contributed by atoms with Crippen molar-refractivity contribution in [3.8, 4) is 34.5 Å². The Morgan fingerprint density at radius 2 is 0.920 bits per heavy atom. The highest BCUT2D eigenvalue weighted by molar-refractivity contribution is 6.20. The van der Waals surface area contributed by atoms with Crippen LogP contribution in [0, 0.1) is 23.7 Å². The first-order valence-electron chi connectivity index (χ1n) is 41.1. The number of phenolic OH excluding ortho intramolecular Hbond substituents is 2. The monoisotopic (exact) mass is 1550 g/mol. The van der Waals surface area contributed by atoms with Gasteiger partial charge in [-0.05, 0) is 233 Å². The first kappa shape index (κ1) is 84.4. The maximum atomic E-state index is 15.0. The summed E-state index contributed by atoms with van der Waals surface area (Å²) in [4.78, 5) is 93.6. The molecule has 14 aliphatic rings. The van der Waals surface area contributed by atoms with Gasteiger partial charge >= 0.3 is 5.97 Å². The van der Waals surface area contributed by atoms with Gasteiger partial charge in [-0.15, -0.1) is 0 Å². The fourth-order valence-electron chi connectivity index (χ4n) is 19.5. The largest absolute Gasteiger partial charge is 0.506 e. The third kappa shape index (κ3) is 15.4. The van der Waals surface area contributed by atoms with E-state index in [1.54, 1.807) is 25.2 Å². The molecule has 6 aliphatic carbocycles. The smallest absolute Gasteiger partial charge is 0.330 e. The number of piperazine rings is 2. The van der Waals surface area contributed by atoms with Gasteiger partial charge in [-0.1, -0.05) is 70.9 Å². The second kappa shape index (κ2) is 32.2.